The zero-order valence-electron chi connectivity index (χ0n) is 17.0. The maximum absolute atomic E-state index is 12.4. The Labute approximate surface area is 170 Å². The molecule has 0 bridgehead atoms. The summed E-state index contributed by atoms with van der Waals surface area (Å²) in [4.78, 5) is 24.7. The minimum absolute atomic E-state index is 0.312. The second kappa shape index (κ2) is 10.8. The number of carbonyl (C=O) groups is 2. The number of ether oxygens (including phenoxy) is 4. The smallest absolute Gasteiger partial charge is 0.269 e. The van der Waals surface area contributed by atoms with Crippen molar-refractivity contribution in [1.82, 2.24) is 10.9 Å². The molecule has 2 amide bonds. The van der Waals surface area contributed by atoms with Gasteiger partial charge in [0.05, 0.1) is 27.4 Å². The molecule has 2 aromatic rings. The van der Waals surface area contributed by atoms with E-state index in [1.54, 1.807) is 30.3 Å². The van der Waals surface area contributed by atoms with Crippen LogP contribution in [0.5, 0.6) is 23.0 Å². The van der Waals surface area contributed by atoms with Crippen molar-refractivity contribution in [3.63, 3.8) is 0 Å². The van der Waals surface area contributed by atoms with E-state index >= 15 is 0 Å². The van der Waals surface area contributed by atoms with Crippen LogP contribution in [0.4, 0.5) is 0 Å². The average Bonchev–Trinajstić information content (AvgIpc) is 2.76. The molecule has 8 heteroatoms. The summed E-state index contributed by atoms with van der Waals surface area (Å²) in [6.07, 6.45) is 0.855. The van der Waals surface area contributed by atoms with Gasteiger partial charge in [-0.15, -0.1) is 0 Å². The highest BCUT2D eigenvalue weighted by atomic mass is 16.5. The van der Waals surface area contributed by atoms with E-state index in [0.29, 0.717) is 47.3 Å². The van der Waals surface area contributed by atoms with Gasteiger partial charge in [0.1, 0.15) is 0 Å². The van der Waals surface area contributed by atoms with Crippen LogP contribution in [-0.4, -0.2) is 39.2 Å². The number of nitrogens with one attached hydrogen (secondary N) is 2. The normalized spacial score (nSPS) is 10.1. The summed E-state index contributed by atoms with van der Waals surface area (Å²) in [5.41, 5.74) is 5.39. The number of hydrazine groups is 1. The molecule has 0 heterocycles. The summed E-state index contributed by atoms with van der Waals surface area (Å²) < 4.78 is 21.5. The Balaban J connectivity index is 2.04. The molecule has 0 aliphatic heterocycles. The van der Waals surface area contributed by atoms with Gasteiger partial charge in [0.25, 0.3) is 11.8 Å². The van der Waals surface area contributed by atoms with Crippen LogP contribution in [0.25, 0.3) is 0 Å². The zero-order valence-corrected chi connectivity index (χ0v) is 17.0. The number of rotatable bonds is 9. The van der Waals surface area contributed by atoms with Crippen molar-refractivity contribution in [2.75, 3.05) is 27.4 Å². The Morgan fingerprint density at radius 3 is 1.66 bits per heavy atom. The highest BCUT2D eigenvalue weighted by Crippen LogP contribution is 2.29. The summed E-state index contributed by atoms with van der Waals surface area (Å²) in [5.74, 6) is 0.975. The maximum atomic E-state index is 12.4. The van der Waals surface area contributed by atoms with Gasteiger partial charge < -0.3 is 18.9 Å². The highest BCUT2D eigenvalue weighted by Gasteiger charge is 2.14. The van der Waals surface area contributed by atoms with Crippen molar-refractivity contribution < 1.29 is 28.5 Å². The van der Waals surface area contributed by atoms with Crippen LogP contribution in [0.15, 0.2) is 36.4 Å². The highest BCUT2D eigenvalue weighted by molar-refractivity contribution is 5.99. The van der Waals surface area contributed by atoms with Gasteiger partial charge in [-0.25, -0.2) is 0 Å². The molecule has 0 fully saturated rings. The molecule has 8 nitrogen and oxygen atoms in total. The van der Waals surface area contributed by atoms with Crippen molar-refractivity contribution in [1.29, 1.82) is 0 Å². The fourth-order valence-electron chi connectivity index (χ4n) is 2.48. The lowest BCUT2D eigenvalue weighted by Crippen LogP contribution is -2.41. The van der Waals surface area contributed by atoms with Crippen LogP contribution in [0.3, 0.4) is 0 Å². The van der Waals surface area contributed by atoms with Gasteiger partial charge >= 0.3 is 0 Å². The molecule has 0 unspecified atom stereocenters. The summed E-state index contributed by atoms with van der Waals surface area (Å²) in [5, 5.41) is 0. The van der Waals surface area contributed by atoms with E-state index in [0.717, 1.165) is 6.42 Å². The largest absolute Gasteiger partial charge is 0.493 e. The SMILES string of the molecule is CCCOc1ccc(C(=O)NNC(=O)c2ccc(OCC)c(OC)c2)cc1OC. The lowest BCUT2D eigenvalue weighted by Gasteiger charge is -2.13. The quantitative estimate of drug-likeness (QED) is 0.626. The molecule has 2 rings (SSSR count). The molecule has 2 N–H and O–H groups in total. The number of benzene rings is 2. The summed E-state index contributed by atoms with van der Waals surface area (Å²) >= 11 is 0. The van der Waals surface area contributed by atoms with E-state index in [1.807, 2.05) is 13.8 Å². The number of hydrogen-bond donors (Lipinski definition) is 2. The van der Waals surface area contributed by atoms with Crippen molar-refractivity contribution in [2.45, 2.75) is 20.3 Å². The molecular formula is C21H26N2O6. The van der Waals surface area contributed by atoms with E-state index in [-0.39, 0.29) is 0 Å². The third-order valence-electron chi connectivity index (χ3n) is 3.90. The zero-order chi connectivity index (χ0) is 21.2. The fraction of sp³-hybridized carbons (Fsp3) is 0.333. The first kappa shape index (κ1) is 21.9. The second-order valence-electron chi connectivity index (χ2n) is 5.92. The van der Waals surface area contributed by atoms with Crippen molar-refractivity contribution in [3.8, 4) is 23.0 Å². The van der Waals surface area contributed by atoms with Crippen LogP contribution in [-0.2, 0) is 0 Å². The van der Waals surface area contributed by atoms with Crippen molar-refractivity contribution in [2.24, 2.45) is 0 Å². The first-order chi connectivity index (χ1) is 14.0. The van der Waals surface area contributed by atoms with Gasteiger partial charge in [-0.3, -0.25) is 20.4 Å². The standard InChI is InChI=1S/C21H26N2O6/c1-5-11-29-17-10-8-15(13-19(17)27-4)21(25)23-22-20(24)14-7-9-16(28-6-2)18(12-14)26-3/h7-10,12-13H,5-6,11H2,1-4H3,(H,22,24)(H,23,25). The third-order valence-corrected chi connectivity index (χ3v) is 3.90. The van der Waals surface area contributed by atoms with E-state index in [9.17, 15) is 9.59 Å². The monoisotopic (exact) mass is 402 g/mol. The van der Waals surface area contributed by atoms with E-state index in [1.165, 1.54) is 20.3 Å². The van der Waals surface area contributed by atoms with Crippen molar-refractivity contribution in [3.05, 3.63) is 47.5 Å². The predicted octanol–water partition coefficient (Wildman–Crippen LogP) is 2.97. The molecule has 0 spiro atoms. The van der Waals surface area contributed by atoms with Gasteiger partial charge in [-0.1, -0.05) is 6.92 Å². The Hall–Kier alpha value is -3.42. The number of amides is 2. The average molecular weight is 402 g/mol. The number of carbonyl (C=O) groups excluding carboxylic acids is 2. The molecule has 0 radical (unpaired) electrons. The molecule has 156 valence electrons. The summed E-state index contributed by atoms with van der Waals surface area (Å²) in [6, 6.07) is 9.55. The molecule has 0 atom stereocenters. The van der Waals surface area contributed by atoms with Crippen molar-refractivity contribution >= 4 is 11.8 Å². The molecule has 0 aromatic heterocycles. The van der Waals surface area contributed by atoms with Gasteiger partial charge in [0.15, 0.2) is 23.0 Å². The van der Waals surface area contributed by atoms with Crippen LogP contribution in [0, 0.1) is 0 Å². The Morgan fingerprint density at radius 1 is 0.759 bits per heavy atom. The number of hydrogen-bond acceptors (Lipinski definition) is 6. The molecule has 0 aliphatic carbocycles. The Bertz CT molecular complexity index is 853. The van der Waals surface area contributed by atoms with Gasteiger partial charge in [0, 0.05) is 11.1 Å². The summed E-state index contributed by atoms with van der Waals surface area (Å²) in [6.45, 7) is 4.87. The predicted molar refractivity (Wildman–Crippen MR) is 108 cm³/mol. The first-order valence-corrected chi connectivity index (χ1v) is 9.26. The summed E-state index contributed by atoms with van der Waals surface area (Å²) in [7, 11) is 2.99. The van der Waals surface area contributed by atoms with Crippen LogP contribution in [0.1, 0.15) is 41.0 Å². The molecule has 0 saturated carbocycles. The van der Waals surface area contributed by atoms with E-state index in [2.05, 4.69) is 10.9 Å². The second-order valence-corrected chi connectivity index (χ2v) is 5.92. The van der Waals surface area contributed by atoms with Gasteiger partial charge in [-0.05, 0) is 49.7 Å². The molecule has 2 aromatic carbocycles. The van der Waals surface area contributed by atoms with Gasteiger partial charge in [-0.2, -0.15) is 0 Å². The van der Waals surface area contributed by atoms with E-state index < -0.39 is 11.8 Å². The Kier molecular flexibility index (Phi) is 8.14. The molecule has 29 heavy (non-hydrogen) atoms. The first-order valence-electron chi connectivity index (χ1n) is 9.26. The molecule has 0 saturated heterocycles. The minimum Gasteiger partial charge on any atom is -0.493 e. The lowest BCUT2D eigenvalue weighted by atomic mass is 10.2. The lowest BCUT2D eigenvalue weighted by molar-refractivity contribution is 0.0846. The maximum Gasteiger partial charge on any atom is 0.269 e. The van der Waals surface area contributed by atoms with E-state index in [4.69, 9.17) is 18.9 Å². The van der Waals surface area contributed by atoms with Crippen LogP contribution >= 0.6 is 0 Å². The topological polar surface area (TPSA) is 95.1 Å². The third kappa shape index (κ3) is 5.78. The van der Waals surface area contributed by atoms with Gasteiger partial charge in [0.2, 0.25) is 0 Å². The molecular weight excluding hydrogens is 376 g/mol. The van der Waals surface area contributed by atoms with Crippen LogP contribution < -0.4 is 29.8 Å². The molecule has 0 aliphatic rings. The minimum atomic E-state index is -0.491. The Morgan fingerprint density at radius 2 is 1.24 bits per heavy atom. The number of methoxy groups -OCH3 is 2. The fourth-order valence-corrected chi connectivity index (χ4v) is 2.48. The van der Waals surface area contributed by atoms with Crippen LogP contribution in [0.2, 0.25) is 0 Å².